The molecule has 1 atom stereocenters. The molecule has 0 saturated carbocycles. The van der Waals surface area contributed by atoms with E-state index in [2.05, 4.69) is 38.1 Å². The van der Waals surface area contributed by atoms with Gasteiger partial charge < -0.3 is 10.2 Å². The molecule has 1 aromatic rings. The van der Waals surface area contributed by atoms with E-state index in [1.807, 2.05) is 0 Å². The Balaban J connectivity index is 1.95. The van der Waals surface area contributed by atoms with Crippen molar-refractivity contribution < 1.29 is 4.79 Å². The molecule has 1 N–H and O–H groups in total. The SMILES string of the molecule is CCN1CCCC(NC(=O)c2ccnc(Br)c2)C1. The Morgan fingerprint density at radius 2 is 2.50 bits per heavy atom. The minimum Gasteiger partial charge on any atom is -0.348 e. The van der Waals surface area contributed by atoms with E-state index in [4.69, 9.17) is 0 Å². The fourth-order valence-electron chi connectivity index (χ4n) is 2.27. The van der Waals surface area contributed by atoms with E-state index in [0.29, 0.717) is 10.2 Å². The summed E-state index contributed by atoms with van der Waals surface area (Å²) in [7, 11) is 0. The Kier molecular flexibility index (Phi) is 4.72. The molecule has 1 unspecified atom stereocenters. The van der Waals surface area contributed by atoms with E-state index in [-0.39, 0.29) is 11.9 Å². The first-order valence-electron chi connectivity index (χ1n) is 6.34. The van der Waals surface area contributed by atoms with Gasteiger partial charge in [0, 0.05) is 24.3 Å². The molecule has 1 aromatic heterocycles. The van der Waals surface area contributed by atoms with Crippen molar-refractivity contribution in [1.82, 2.24) is 15.2 Å². The lowest BCUT2D eigenvalue weighted by Crippen LogP contribution is -2.47. The second-order valence-corrected chi connectivity index (χ2v) is 5.39. The molecule has 1 aliphatic rings. The zero-order chi connectivity index (χ0) is 13.0. The molecule has 0 radical (unpaired) electrons. The Labute approximate surface area is 116 Å². The number of likely N-dealkylation sites (N-methyl/N-ethyl adjacent to an activating group) is 1. The number of piperidine rings is 1. The van der Waals surface area contributed by atoms with Crippen LogP contribution in [0.2, 0.25) is 0 Å². The van der Waals surface area contributed by atoms with Crippen LogP contribution in [-0.2, 0) is 0 Å². The van der Waals surface area contributed by atoms with E-state index >= 15 is 0 Å². The van der Waals surface area contributed by atoms with E-state index in [1.54, 1.807) is 18.3 Å². The number of hydrogen-bond donors (Lipinski definition) is 1. The number of amides is 1. The van der Waals surface area contributed by atoms with Crippen LogP contribution in [0.3, 0.4) is 0 Å². The van der Waals surface area contributed by atoms with Crippen molar-refractivity contribution in [3.05, 3.63) is 28.5 Å². The number of carbonyl (C=O) groups excluding carboxylic acids is 1. The highest BCUT2D eigenvalue weighted by Crippen LogP contribution is 2.12. The third-order valence-electron chi connectivity index (χ3n) is 3.28. The summed E-state index contributed by atoms with van der Waals surface area (Å²) in [5.74, 6) is -0.0129. The van der Waals surface area contributed by atoms with Crippen molar-refractivity contribution in [2.45, 2.75) is 25.8 Å². The Morgan fingerprint density at radius 1 is 1.67 bits per heavy atom. The van der Waals surface area contributed by atoms with Gasteiger partial charge >= 0.3 is 0 Å². The van der Waals surface area contributed by atoms with Gasteiger partial charge in [0.05, 0.1) is 0 Å². The van der Waals surface area contributed by atoms with E-state index in [0.717, 1.165) is 32.5 Å². The molecular formula is C13H18BrN3O. The number of aromatic nitrogens is 1. The number of rotatable bonds is 3. The molecule has 4 nitrogen and oxygen atoms in total. The highest BCUT2D eigenvalue weighted by molar-refractivity contribution is 9.10. The smallest absolute Gasteiger partial charge is 0.251 e. The summed E-state index contributed by atoms with van der Waals surface area (Å²) in [6.07, 6.45) is 3.85. The second-order valence-electron chi connectivity index (χ2n) is 4.57. The molecule has 0 aliphatic carbocycles. The van der Waals surface area contributed by atoms with Crippen molar-refractivity contribution in [2.24, 2.45) is 0 Å². The van der Waals surface area contributed by atoms with Crippen LogP contribution < -0.4 is 5.32 Å². The van der Waals surface area contributed by atoms with Crippen LogP contribution in [0, 0.1) is 0 Å². The summed E-state index contributed by atoms with van der Waals surface area (Å²) in [5, 5.41) is 3.10. The zero-order valence-electron chi connectivity index (χ0n) is 10.5. The van der Waals surface area contributed by atoms with Crippen LogP contribution in [0.1, 0.15) is 30.1 Å². The first-order chi connectivity index (χ1) is 8.69. The Morgan fingerprint density at radius 3 is 3.22 bits per heavy atom. The fraction of sp³-hybridized carbons (Fsp3) is 0.538. The topological polar surface area (TPSA) is 45.2 Å². The molecule has 1 amide bonds. The number of halogens is 1. The Bertz CT molecular complexity index is 424. The molecule has 0 spiro atoms. The maximum Gasteiger partial charge on any atom is 0.251 e. The first kappa shape index (κ1) is 13.5. The summed E-state index contributed by atoms with van der Waals surface area (Å²) < 4.78 is 0.689. The molecule has 0 aromatic carbocycles. The van der Waals surface area contributed by atoms with Crippen molar-refractivity contribution in [3.63, 3.8) is 0 Å². The van der Waals surface area contributed by atoms with Gasteiger partial charge in [-0.2, -0.15) is 0 Å². The van der Waals surface area contributed by atoms with E-state index < -0.39 is 0 Å². The lowest BCUT2D eigenvalue weighted by molar-refractivity contribution is 0.0905. The highest BCUT2D eigenvalue weighted by Gasteiger charge is 2.20. The predicted molar refractivity (Wildman–Crippen MR) is 74.5 cm³/mol. The molecule has 1 fully saturated rings. The van der Waals surface area contributed by atoms with Gasteiger partial charge in [-0.3, -0.25) is 4.79 Å². The monoisotopic (exact) mass is 311 g/mol. The predicted octanol–water partition coefficient (Wildman–Crippen LogP) is 2.06. The molecule has 1 saturated heterocycles. The number of likely N-dealkylation sites (tertiary alicyclic amines) is 1. The minimum absolute atomic E-state index is 0.0129. The van der Waals surface area contributed by atoms with Crippen LogP contribution in [0.25, 0.3) is 0 Å². The molecule has 1 aliphatic heterocycles. The van der Waals surface area contributed by atoms with E-state index in [9.17, 15) is 4.79 Å². The fourth-order valence-corrected chi connectivity index (χ4v) is 2.64. The van der Waals surface area contributed by atoms with E-state index in [1.165, 1.54) is 0 Å². The molecular weight excluding hydrogens is 294 g/mol. The lowest BCUT2D eigenvalue weighted by atomic mass is 10.1. The molecule has 0 bridgehead atoms. The van der Waals surface area contributed by atoms with Gasteiger partial charge in [-0.05, 0) is 54.0 Å². The highest BCUT2D eigenvalue weighted by atomic mass is 79.9. The molecule has 18 heavy (non-hydrogen) atoms. The van der Waals surface area contributed by atoms with Crippen LogP contribution >= 0.6 is 15.9 Å². The molecule has 2 rings (SSSR count). The second kappa shape index (κ2) is 6.29. The minimum atomic E-state index is -0.0129. The number of pyridine rings is 1. The van der Waals surface area contributed by atoms with Gasteiger partial charge in [-0.25, -0.2) is 4.98 Å². The summed E-state index contributed by atoms with van der Waals surface area (Å²) >= 11 is 3.28. The maximum absolute atomic E-state index is 12.1. The third kappa shape index (κ3) is 3.53. The van der Waals surface area contributed by atoms with Crippen LogP contribution in [0.4, 0.5) is 0 Å². The molecule has 2 heterocycles. The summed E-state index contributed by atoms with van der Waals surface area (Å²) in [4.78, 5) is 18.5. The van der Waals surface area contributed by atoms with Crippen molar-refractivity contribution >= 4 is 21.8 Å². The van der Waals surface area contributed by atoms with Gasteiger partial charge in [0.25, 0.3) is 5.91 Å². The van der Waals surface area contributed by atoms with Gasteiger partial charge in [0.2, 0.25) is 0 Å². The first-order valence-corrected chi connectivity index (χ1v) is 7.13. The summed E-state index contributed by atoms with van der Waals surface area (Å²) in [6, 6.07) is 3.74. The van der Waals surface area contributed by atoms with Crippen LogP contribution in [0.15, 0.2) is 22.9 Å². The maximum atomic E-state index is 12.1. The van der Waals surface area contributed by atoms with Crippen molar-refractivity contribution in [1.29, 1.82) is 0 Å². The molecule has 5 heteroatoms. The number of nitrogens with one attached hydrogen (secondary N) is 1. The van der Waals surface area contributed by atoms with Gasteiger partial charge in [-0.15, -0.1) is 0 Å². The standard InChI is InChI=1S/C13H18BrN3O/c1-2-17-7-3-4-11(9-17)16-13(18)10-5-6-15-12(14)8-10/h5-6,8,11H,2-4,7,9H2,1H3,(H,16,18). The molecule has 98 valence electrons. The lowest BCUT2D eigenvalue weighted by Gasteiger charge is -2.32. The summed E-state index contributed by atoms with van der Waals surface area (Å²) in [6.45, 7) is 5.30. The number of hydrogen-bond acceptors (Lipinski definition) is 3. The van der Waals surface area contributed by atoms with Gasteiger partial charge in [0.15, 0.2) is 0 Å². The summed E-state index contributed by atoms with van der Waals surface area (Å²) in [5.41, 5.74) is 0.658. The largest absolute Gasteiger partial charge is 0.348 e. The Hall–Kier alpha value is -0.940. The quantitative estimate of drug-likeness (QED) is 0.869. The number of carbonyl (C=O) groups is 1. The number of nitrogens with zero attached hydrogens (tertiary/aromatic N) is 2. The normalized spacial score (nSPS) is 20.7. The van der Waals surface area contributed by atoms with Crippen LogP contribution in [-0.4, -0.2) is 41.5 Å². The van der Waals surface area contributed by atoms with Crippen molar-refractivity contribution in [3.8, 4) is 0 Å². The van der Waals surface area contributed by atoms with Crippen LogP contribution in [0.5, 0.6) is 0 Å². The van der Waals surface area contributed by atoms with Crippen molar-refractivity contribution in [2.75, 3.05) is 19.6 Å². The third-order valence-corrected chi connectivity index (χ3v) is 3.71. The van der Waals surface area contributed by atoms with Gasteiger partial charge in [-0.1, -0.05) is 6.92 Å². The zero-order valence-corrected chi connectivity index (χ0v) is 12.1. The van der Waals surface area contributed by atoms with Gasteiger partial charge in [0.1, 0.15) is 4.60 Å². The average Bonchev–Trinajstić information content (AvgIpc) is 2.39. The average molecular weight is 312 g/mol.